The molecule has 1 atom stereocenters. The minimum atomic E-state index is -1.01. The number of nitrogens with zero attached hydrogens (tertiary/aromatic N) is 2. The Hall–Kier alpha value is -1.88. The van der Waals surface area contributed by atoms with Gasteiger partial charge in [-0.25, -0.2) is 4.79 Å². The second-order valence-electron chi connectivity index (χ2n) is 10.6. The first-order valence-electron chi connectivity index (χ1n) is 12.1. The fourth-order valence-corrected chi connectivity index (χ4v) is 5.38. The third-order valence-corrected chi connectivity index (χ3v) is 7.42. The topological polar surface area (TPSA) is 70.1 Å². The van der Waals surface area contributed by atoms with Crippen molar-refractivity contribution in [3.05, 3.63) is 15.8 Å². The van der Waals surface area contributed by atoms with E-state index in [9.17, 15) is 14.7 Å². The first-order chi connectivity index (χ1) is 15.5. The van der Waals surface area contributed by atoms with Crippen molar-refractivity contribution in [2.24, 2.45) is 17.3 Å². The van der Waals surface area contributed by atoms with Gasteiger partial charge in [0.1, 0.15) is 4.88 Å². The van der Waals surface area contributed by atoms with Crippen molar-refractivity contribution in [2.75, 3.05) is 37.7 Å². The summed E-state index contributed by atoms with van der Waals surface area (Å²) in [4.78, 5) is 31.0. The molecule has 1 aliphatic heterocycles. The van der Waals surface area contributed by atoms with Crippen molar-refractivity contribution >= 4 is 28.9 Å². The lowest BCUT2D eigenvalue weighted by atomic mass is 9.82. The van der Waals surface area contributed by atoms with Gasteiger partial charge in [-0.05, 0) is 65.4 Å². The van der Waals surface area contributed by atoms with E-state index in [1.165, 1.54) is 0 Å². The number of morpholine rings is 1. The third kappa shape index (κ3) is 7.05. The first kappa shape index (κ1) is 25.7. The van der Waals surface area contributed by atoms with Crippen LogP contribution in [0.2, 0.25) is 0 Å². The Bertz CT molecular complexity index is 894. The molecular weight excluding hydrogens is 436 g/mol. The molecule has 182 valence electrons. The van der Waals surface area contributed by atoms with E-state index in [1.54, 1.807) is 4.90 Å². The molecule has 7 heteroatoms. The predicted molar refractivity (Wildman–Crippen MR) is 133 cm³/mol. The molecule has 2 aliphatic rings. The van der Waals surface area contributed by atoms with E-state index in [1.807, 2.05) is 33.8 Å². The monoisotopic (exact) mass is 474 g/mol. The van der Waals surface area contributed by atoms with Crippen LogP contribution in [-0.2, 0) is 9.53 Å². The number of anilines is 1. The van der Waals surface area contributed by atoms with Crippen LogP contribution < -0.4 is 4.90 Å². The molecule has 2 fully saturated rings. The number of carbonyl (C=O) groups is 2. The number of thiophene rings is 1. The Morgan fingerprint density at radius 3 is 2.45 bits per heavy atom. The molecule has 1 aromatic heterocycles. The molecule has 0 bridgehead atoms. The number of ether oxygens (including phenoxy) is 1. The standard InChI is InChI=1S/C26H38N2O4S/c1-18-6-8-20(9-7-18)24(29)28(19(2)17-27-12-14-32-15-13-27)22-16-21(10-11-26(3,4)5)33-23(22)25(30)31/h16,18-20H,6-9,12-15,17H2,1-5H3,(H,30,31). The molecular formula is C26H38N2O4S. The van der Waals surface area contributed by atoms with E-state index < -0.39 is 5.97 Å². The molecule has 1 N–H and O–H groups in total. The van der Waals surface area contributed by atoms with Crippen molar-refractivity contribution in [1.82, 2.24) is 4.90 Å². The highest BCUT2D eigenvalue weighted by molar-refractivity contribution is 7.15. The highest BCUT2D eigenvalue weighted by Gasteiger charge is 2.35. The van der Waals surface area contributed by atoms with E-state index in [4.69, 9.17) is 4.74 Å². The van der Waals surface area contributed by atoms with Crippen molar-refractivity contribution in [3.8, 4) is 11.8 Å². The minimum absolute atomic E-state index is 0.0540. The molecule has 1 aliphatic carbocycles. The van der Waals surface area contributed by atoms with Crippen LogP contribution in [0.25, 0.3) is 0 Å². The van der Waals surface area contributed by atoms with E-state index in [2.05, 4.69) is 23.7 Å². The maximum Gasteiger partial charge on any atom is 0.348 e. The number of carbonyl (C=O) groups excluding carboxylic acids is 1. The van der Waals surface area contributed by atoms with Crippen molar-refractivity contribution in [3.63, 3.8) is 0 Å². The summed E-state index contributed by atoms with van der Waals surface area (Å²) < 4.78 is 5.47. The molecule has 33 heavy (non-hydrogen) atoms. The number of rotatable bonds is 6. The van der Waals surface area contributed by atoms with Gasteiger partial charge in [0.15, 0.2) is 0 Å². The normalized spacial score (nSPS) is 22.8. The summed E-state index contributed by atoms with van der Waals surface area (Å²) in [5.41, 5.74) is 0.306. The van der Waals surface area contributed by atoms with Gasteiger partial charge in [0, 0.05) is 37.0 Å². The zero-order valence-electron chi connectivity index (χ0n) is 20.6. The van der Waals surface area contributed by atoms with E-state index in [0.29, 0.717) is 36.2 Å². The number of hydrogen-bond donors (Lipinski definition) is 1. The number of hydrogen-bond acceptors (Lipinski definition) is 5. The lowest BCUT2D eigenvalue weighted by Crippen LogP contribution is -2.50. The van der Waals surface area contributed by atoms with Gasteiger partial charge in [0.2, 0.25) is 5.91 Å². The lowest BCUT2D eigenvalue weighted by molar-refractivity contribution is -0.124. The highest BCUT2D eigenvalue weighted by atomic mass is 32.1. The Morgan fingerprint density at radius 1 is 1.24 bits per heavy atom. The molecule has 1 saturated carbocycles. The summed E-state index contributed by atoms with van der Waals surface area (Å²) in [6.07, 6.45) is 3.81. The number of amides is 1. The predicted octanol–water partition coefficient (Wildman–Crippen LogP) is 4.72. The molecule has 6 nitrogen and oxygen atoms in total. The average molecular weight is 475 g/mol. The molecule has 1 aromatic rings. The van der Waals surface area contributed by atoms with Crippen LogP contribution in [0.15, 0.2) is 6.07 Å². The molecule has 0 aromatic carbocycles. The van der Waals surface area contributed by atoms with E-state index >= 15 is 0 Å². The largest absolute Gasteiger partial charge is 0.477 e. The highest BCUT2D eigenvalue weighted by Crippen LogP contribution is 2.36. The Balaban J connectivity index is 1.96. The number of carboxylic acids is 1. The first-order valence-corrected chi connectivity index (χ1v) is 12.9. The summed E-state index contributed by atoms with van der Waals surface area (Å²) in [6, 6.07) is 1.66. The van der Waals surface area contributed by atoms with Gasteiger partial charge in [-0.3, -0.25) is 9.69 Å². The molecule has 1 amide bonds. The van der Waals surface area contributed by atoms with Crippen LogP contribution in [0.3, 0.4) is 0 Å². The van der Waals surface area contributed by atoms with Crippen LogP contribution in [0, 0.1) is 29.1 Å². The zero-order valence-corrected chi connectivity index (χ0v) is 21.5. The molecule has 1 unspecified atom stereocenters. The summed E-state index contributed by atoms with van der Waals surface area (Å²) in [6.45, 7) is 14.1. The second-order valence-corrected chi connectivity index (χ2v) is 11.6. The van der Waals surface area contributed by atoms with Crippen molar-refractivity contribution in [1.29, 1.82) is 0 Å². The van der Waals surface area contributed by atoms with E-state index in [-0.39, 0.29) is 28.2 Å². The van der Waals surface area contributed by atoms with Crippen LogP contribution in [0.5, 0.6) is 0 Å². The van der Waals surface area contributed by atoms with Gasteiger partial charge in [0.05, 0.1) is 23.8 Å². The summed E-state index contributed by atoms with van der Waals surface area (Å²) in [5.74, 6) is 5.96. The van der Waals surface area contributed by atoms with Crippen LogP contribution >= 0.6 is 11.3 Å². The zero-order chi connectivity index (χ0) is 24.2. The maximum atomic E-state index is 13.8. The van der Waals surface area contributed by atoms with Crippen LogP contribution in [-0.4, -0.2) is 60.8 Å². The second kappa shape index (κ2) is 11.0. The van der Waals surface area contributed by atoms with E-state index in [0.717, 1.165) is 50.1 Å². The van der Waals surface area contributed by atoms with Crippen LogP contribution in [0.1, 0.15) is 74.9 Å². The molecule has 2 heterocycles. The number of carboxylic acid groups (broad SMARTS) is 1. The van der Waals surface area contributed by atoms with Crippen LogP contribution in [0.4, 0.5) is 5.69 Å². The molecule has 0 spiro atoms. The SMILES string of the molecule is CC1CCC(C(=O)N(c2cc(C#CC(C)(C)C)sc2C(=O)O)C(C)CN2CCOCC2)CC1. The fourth-order valence-electron chi connectivity index (χ4n) is 4.54. The van der Waals surface area contributed by atoms with Gasteiger partial charge in [-0.15, -0.1) is 11.3 Å². The Labute approximate surface area is 202 Å². The Morgan fingerprint density at radius 2 is 1.88 bits per heavy atom. The number of aromatic carboxylic acids is 1. The van der Waals surface area contributed by atoms with Gasteiger partial charge < -0.3 is 14.7 Å². The minimum Gasteiger partial charge on any atom is -0.477 e. The summed E-state index contributed by atoms with van der Waals surface area (Å²) >= 11 is 1.16. The smallest absolute Gasteiger partial charge is 0.348 e. The lowest BCUT2D eigenvalue weighted by Gasteiger charge is -2.37. The fraction of sp³-hybridized carbons (Fsp3) is 0.692. The quantitative estimate of drug-likeness (QED) is 0.604. The van der Waals surface area contributed by atoms with Gasteiger partial charge in [-0.1, -0.05) is 18.8 Å². The molecule has 0 radical (unpaired) electrons. The molecule has 3 rings (SSSR count). The average Bonchev–Trinajstić information content (AvgIpc) is 3.17. The maximum absolute atomic E-state index is 13.8. The van der Waals surface area contributed by atoms with Crippen molar-refractivity contribution in [2.45, 2.75) is 66.3 Å². The summed E-state index contributed by atoms with van der Waals surface area (Å²) in [5, 5.41) is 9.98. The summed E-state index contributed by atoms with van der Waals surface area (Å²) in [7, 11) is 0. The molecule has 1 saturated heterocycles. The Kier molecular flexibility index (Phi) is 8.60. The van der Waals surface area contributed by atoms with Crippen molar-refractivity contribution < 1.29 is 19.4 Å². The third-order valence-electron chi connectivity index (χ3n) is 6.40. The van der Waals surface area contributed by atoms with Gasteiger partial charge in [-0.2, -0.15) is 0 Å². The van der Waals surface area contributed by atoms with Gasteiger partial charge in [0.25, 0.3) is 0 Å². The van der Waals surface area contributed by atoms with Gasteiger partial charge >= 0.3 is 5.97 Å².